The molecule has 2 amide bonds. The average Bonchev–Trinajstić information content (AvgIpc) is 2.68. The van der Waals surface area contributed by atoms with Gasteiger partial charge in [-0.2, -0.15) is 0 Å². The summed E-state index contributed by atoms with van der Waals surface area (Å²) in [5.41, 5.74) is 1.99. The van der Waals surface area contributed by atoms with Crippen LogP contribution in [0.15, 0.2) is 48.5 Å². The quantitative estimate of drug-likeness (QED) is 0.558. The van der Waals surface area contributed by atoms with Crippen LogP contribution in [0.5, 0.6) is 5.75 Å². The van der Waals surface area contributed by atoms with Crippen molar-refractivity contribution in [1.29, 1.82) is 0 Å². The Morgan fingerprint density at radius 1 is 1.00 bits per heavy atom. The molecule has 0 heterocycles. The van der Waals surface area contributed by atoms with E-state index in [9.17, 15) is 9.59 Å². The van der Waals surface area contributed by atoms with Crippen molar-refractivity contribution in [2.75, 3.05) is 30.3 Å². The summed E-state index contributed by atoms with van der Waals surface area (Å²) in [6.45, 7) is 5.33. The second-order valence-corrected chi connectivity index (χ2v) is 6.02. The number of benzene rings is 2. The van der Waals surface area contributed by atoms with Crippen LogP contribution < -0.4 is 20.7 Å². The number of nitrogens with one attached hydrogen (secondary N) is 3. The lowest BCUT2D eigenvalue weighted by Gasteiger charge is -2.12. The summed E-state index contributed by atoms with van der Waals surface area (Å²) in [5.74, 6) is 0.434. The van der Waals surface area contributed by atoms with E-state index in [0.29, 0.717) is 30.2 Å². The highest BCUT2D eigenvalue weighted by Gasteiger charge is 2.08. The zero-order valence-corrected chi connectivity index (χ0v) is 15.9. The van der Waals surface area contributed by atoms with Crippen LogP contribution in [0.2, 0.25) is 0 Å². The van der Waals surface area contributed by atoms with E-state index in [4.69, 9.17) is 4.74 Å². The zero-order chi connectivity index (χ0) is 19.5. The predicted octanol–water partition coefficient (Wildman–Crippen LogP) is 3.67. The van der Waals surface area contributed by atoms with Crippen molar-refractivity contribution >= 4 is 23.2 Å². The molecule has 0 radical (unpaired) electrons. The molecule has 0 bridgehead atoms. The minimum absolute atomic E-state index is 0.101. The number of carbonyl (C=O) groups excluding carboxylic acids is 2. The molecule has 2 aromatic rings. The second-order valence-electron chi connectivity index (χ2n) is 6.02. The van der Waals surface area contributed by atoms with Crippen LogP contribution in [-0.2, 0) is 4.79 Å². The van der Waals surface area contributed by atoms with E-state index in [-0.39, 0.29) is 18.4 Å². The molecule has 0 aliphatic heterocycles. The van der Waals surface area contributed by atoms with E-state index in [1.165, 1.54) is 0 Å². The van der Waals surface area contributed by atoms with Gasteiger partial charge in [0.05, 0.1) is 18.8 Å². The van der Waals surface area contributed by atoms with Crippen LogP contribution in [0.4, 0.5) is 11.4 Å². The fourth-order valence-corrected chi connectivity index (χ4v) is 2.46. The molecule has 3 N–H and O–H groups in total. The zero-order valence-electron chi connectivity index (χ0n) is 15.9. The largest absolute Gasteiger partial charge is 0.492 e. The third-order valence-corrected chi connectivity index (χ3v) is 3.87. The smallest absolute Gasteiger partial charge is 0.251 e. The van der Waals surface area contributed by atoms with E-state index >= 15 is 0 Å². The molecule has 0 aliphatic carbocycles. The summed E-state index contributed by atoms with van der Waals surface area (Å²) in [7, 11) is 0. The van der Waals surface area contributed by atoms with Crippen molar-refractivity contribution in [3.05, 3.63) is 54.1 Å². The van der Waals surface area contributed by atoms with Gasteiger partial charge in [0, 0.05) is 17.8 Å². The van der Waals surface area contributed by atoms with Crippen molar-refractivity contribution in [3.8, 4) is 5.75 Å². The lowest BCUT2D eigenvalue weighted by atomic mass is 10.2. The average molecular weight is 369 g/mol. The summed E-state index contributed by atoms with van der Waals surface area (Å²) < 4.78 is 5.53. The first-order valence-electron chi connectivity index (χ1n) is 9.27. The Hall–Kier alpha value is -3.02. The number of rotatable bonds is 10. The molecule has 0 atom stereocenters. The third kappa shape index (κ3) is 6.66. The molecule has 0 saturated heterocycles. The SMILES string of the molecule is CCCCNC(=O)c1ccc(NC(=O)CNc2ccccc2OCC)cc1. The normalized spacial score (nSPS) is 10.1. The van der Waals surface area contributed by atoms with Gasteiger partial charge in [0.15, 0.2) is 0 Å². The Morgan fingerprint density at radius 3 is 2.44 bits per heavy atom. The van der Waals surface area contributed by atoms with Crippen LogP contribution >= 0.6 is 0 Å². The number of ether oxygens (including phenoxy) is 1. The third-order valence-electron chi connectivity index (χ3n) is 3.87. The van der Waals surface area contributed by atoms with E-state index < -0.39 is 0 Å². The molecule has 0 fully saturated rings. The summed E-state index contributed by atoms with van der Waals surface area (Å²) in [6, 6.07) is 14.3. The molecule has 2 rings (SSSR count). The lowest BCUT2D eigenvalue weighted by molar-refractivity contribution is -0.114. The standard InChI is InChI=1S/C21H27N3O3/c1-3-5-14-22-21(26)16-10-12-17(13-11-16)24-20(25)15-23-18-8-6-7-9-19(18)27-4-2/h6-13,23H,3-5,14-15H2,1-2H3,(H,22,26)(H,24,25). The molecule has 144 valence electrons. The van der Waals surface area contributed by atoms with Crippen molar-refractivity contribution < 1.29 is 14.3 Å². The monoisotopic (exact) mass is 369 g/mol. The maximum atomic E-state index is 12.2. The minimum Gasteiger partial charge on any atom is -0.492 e. The van der Waals surface area contributed by atoms with E-state index in [1.807, 2.05) is 31.2 Å². The maximum absolute atomic E-state index is 12.2. The van der Waals surface area contributed by atoms with Crippen LogP contribution in [-0.4, -0.2) is 31.5 Å². The first-order chi connectivity index (χ1) is 13.1. The van der Waals surface area contributed by atoms with Gasteiger partial charge in [-0.25, -0.2) is 0 Å². The number of amides is 2. The molecule has 0 aromatic heterocycles. The molecule has 6 nitrogen and oxygen atoms in total. The Kier molecular flexibility index (Phi) is 8.16. The number of hydrogen-bond donors (Lipinski definition) is 3. The molecule has 0 saturated carbocycles. The van der Waals surface area contributed by atoms with E-state index in [1.54, 1.807) is 24.3 Å². The Labute approximate surface area is 160 Å². The molecule has 0 spiro atoms. The Morgan fingerprint density at radius 2 is 1.74 bits per heavy atom. The predicted molar refractivity (Wildman–Crippen MR) is 108 cm³/mol. The number of para-hydroxylation sites is 2. The molecular weight excluding hydrogens is 342 g/mol. The highest BCUT2D eigenvalue weighted by molar-refractivity contribution is 5.96. The molecular formula is C21H27N3O3. The number of anilines is 2. The second kappa shape index (κ2) is 10.9. The van der Waals surface area contributed by atoms with Gasteiger partial charge in [0.1, 0.15) is 5.75 Å². The molecule has 0 aliphatic rings. The van der Waals surface area contributed by atoms with Gasteiger partial charge in [-0.05, 0) is 49.7 Å². The van der Waals surface area contributed by atoms with E-state index in [0.717, 1.165) is 18.5 Å². The van der Waals surface area contributed by atoms with E-state index in [2.05, 4.69) is 22.9 Å². The Balaban J connectivity index is 1.84. The van der Waals surface area contributed by atoms with Crippen molar-refractivity contribution in [1.82, 2.24) is 5.32 Å². The number of carbonyl (C=O) groups is 2. The first kappa shape index (κ1) is 20.3. The highest BCUT2D eigenvalue weighted by Crippen LogP contribution is 2.23. The minimum atomic E-state index is -0.179. The van der Waals surface area contributed by atoms with Crippen molar-refractivity contribution in [3.63, 3.8) is 0 Å². The summed E-state index contributed by atoms with van der Waals surface area (Å²) in [5, 5.41) is 8.75. The Bertz CT molecular complexity index is 745. The molecule has 0 unspecified atom stereocenters. The molecule has 27 heavy (non-hydrogen) atoms. The van der Waals surface area contributed by atoms with Gasteiger partial charge in [-0.1, -0.05) is 25.5 Å². The lowest BCUT2D eigenvalue weighted by Crippen LogP contribution is -2.24. The highest BCUT2D eigenvalue weighted by atomic mass is 16.5. The maximum Gasteiger partial charge on any atom is 0.251 e. The van der Waals surface area contributed by atoms with Gasteiger partial charge in [-0.3, -0.25) is 9.59 Å². The van der Waals surface area contributed by atoms with Crippen LogP contribution in [0.1, 0.15) is 37.0 Å². The topological polar surface area (TPSA) is 79.5 Å². The summed E-state index contributed by atoms with van der Waals surface area (Å²) >= 11 is 0. The number of unbranched alkanes of at least 4 members (excludes halogenated alkanes) is 1. The van der Waals surface area contributed by atoms with Crippen molar-refractivity contribution in [2.24, 2.45) is 0 Å². The molecule has 2 aromatic carbocycles. The van der Waals surface area contributed by atoms with Gasteiger partial charge < -0.3 is 20.7 Å². The summed E-state index contributed by atoms with van der Waals surface area (Å²) in [6.07, 6.45) is 1.99. The van der Waals surface area contributed by atoms with Gasteiger partial charge >= 0.3 is 0 Å². The summed E-state index contributed by atoms with van der Waals surface area (Å²) in [4.78, 5) is 24.1. The van der Waals surface area contributed by atoms with Gasteiger partial charge in [-0.15, -0.1) is 0 Å². The first-order valence-corrected chi connectivity index (χ1v) is 9.27. The van der Waals surface area contributed by atoms with Crippen LogP contribution in [0.25, 0.3) is 0 Å². The fourth-order valence-electron chi connectivity index (χ4n) is 2.46. The molecule has 6 heteroatoms. The fraction of sp³-hybridized carbons (Fsp3) is 0.333. The van der Waals surface area contributed by atoms with Crippen molar-refractivity contribution in [2.45, 2.75) is 26.7 Å². The van der Waals surface area contributed by atoms with Gasteiger partial charge in [0.2, 0.25) is 5.91 Å². The van der Waals surface area contributed by atoms with Crippen LogP contribution in [0, 0.1) is 0 Å². The number of hydrogen-bond acceptors (Lipinski definition) is 4. The van der Waals surface area contributed by atoms with Crippen LogP contribution in [0.3, 0.4) is 0 Å². The van der Waals surface area contributed by atoms with Gasteiger partial charge in [0.25, 0.3) is 5.91 Å².